The first-order chi connectivity index (χ1) is 10.9. The van der Waals surface area contributed by atoms with Crippen LogP contribution >= 0.6 is 0 Å². The molecular formula is C17H19O5S-. The van der Waals surface area contributed by atoms with Crippen molar-refractivity contribution in [3.8, 4) is 11.5 Å². The fourth-order valence-corrected chi connectivity index (χ4v) is 2.48. The van der Waals surface area contributed by atoms with Gasteiger partial charge in [0.05, 0.1) is 4.90 Å². The van der Waals surface area contributed by atoms with E-state index in [0.29, 0.717) is 17.4 Å². The average Bonchev–Trinajstić information content (AvgIpc) is 2.54. The lowest BCUT2D eigenvalue weighted by molar-refractivity contribution is 0.119. The standard InChI is InChI=1S/C17H20O5S/c1-3-13(2)14-5-4-6-16(11-14)22-12-21-15-7-9-17(10-8-15)23(18,19)20/h4-11,13H,3,12H2,1-2H3,(H,18,19,20)/p-1. The van der Waals surface area contributed by atoms with Crippen molar-refractivity contribution in [3.63, 3.8) is 0 Å². The lowest BCUT2D eigenvalue weighted by Gasteiger charge is -2.13. The lowest BCUT2D eigenvalue weighted by Crippen LogP contribution is -2.06. The highest BCUT2D eigenvalue weighted by molar-refractivity contribution is 7.85. The van der Waals surface area contributed by atoms with Gasteiger partial charge in [-0.05, 0) is 54.3 Å². The molecule has 2 rings (SSSR count). The summed E-state index contributed by atoms with van der Waals surface area (Å²) in [5, 5.41) is 0. The van der Waals surface area contributed by atoms with Crippen molar-refractivity contribution in [2.75, 3.05) is 6.79 Å². The molecule has 0 aliphatic carbocycles. The molecule has 1 atom stereocenters. The van der Waals surface area contributed by atoms with E-state index >= 15 is 0 Å². The summed E-state index contributed by atoms with van der Waals surface area (Å²) in [6, 6.07) is 13.1. The summed E-state index contributed by atoms with van der Waals surface area (Å²) in [4.78, 5) is -0.285. The van der Waals surface area contributed by atoms with Crippen molar-refractivity contribution in [1.29, 1.82) is 0 Å². The van der Waals surface area contributed by atoms with Crippen molar-refractivity contribution in [2.45, 2.75) is 31.1 Å². The molecule has 23 heavy (non-hydrogen) atoms. The molecule has 0 aromatic heterocycles. The molecule has 0 saturated heterocycles. The summed E-state index contributed by atoms with van der Waals surface area (Å²) in [5.74, 6) is 1.60. The molecule has 1 unspecified atom stereocenters. The third kappa shape index (κ3) is 4.97. The van der Waals surface area contributed by atoms with Gasteiger partial charge in [-0.1, -0.05) is 26.0 Å². The maximum atomic E-state index is 10.8. The molecule has 0 aliphatic rings. The highest BCUT2D eigenvalue weighted by atomic mass is 32.2. The van der Waals surface area contributed by atoms with E-state index in [1.54, 1.807) is 0 Å². The van der Waals surface area contributed by atoms with Crippen molar-refractivity contribution < 1.29 is 22.4 Å². The molecule has 6 heteroatoms. The predicted octanol–water partition coefficient (Wildman–Crippen LogP) is 3.52. The molecule has 0 saturated carbocycles. The van der Waals surface area contributed by atoms with E-state index < -0.39 is 10.1 Å². The monoisotopic (exact) mass is 335 g/mol. The molecule has 2 aromatic carbocycles. The third-order valence-corrected chi connectivity index (χ3v) is 4.45. The Morgan fingerprint density at radius 2 is 1.70 bits per heavy atom. The van der Waals surface area contributed by atoms with Gasteiger partial charge in [-0.25, -0.2) is 8.42 Å². The smallest absolute Gasteiger partial charge is 0.230 e. The van der Waals surface area contributed by atoms with Gasteiger partial charge in [0.25, 0.3) is 0 Å². The maximum Gasteiger partial charge on any atom is 0.230 e. The van der Waals surface area contributed by atoms with Gasteiger partial charge in [-0.3, -0.25) is 0 Å². The Kier molecular flexibility index (Phi) is 5.63. The summed E-state index contributed by atoms with van der Waals surface area (Å²) in [5.41, 5.74) is 1.20. The Bertz CT molecular complexity index is 738. The molecule has 0 aliphatic heterocycles. The van der Waals surface area contributed by atoms with E-state index in [9.17, 15) is 13.0 Å². The van der Waals surface area contributed by atoms with Crippen LogP contribution in [0.15, 0.2) is 53.4 Å². The normalized spacial score (nSPS) is 12.7. The minimum absolute atomic E-state index is 0.00652. The minimum Gasteiger partial charge on any atom is -0.744 e. The van der Waals surface area contributed by atoms with Crippen LogP contribution in [0.1, 0.15) is 31.7 Å². The Hall–Kier alpha value is -2.05. The largest absolute Gasteiger partial charge is 0.744 e. The number of ether oxygens (including phenoxy) is 2. The highest BCUT2D eigenvalue weighted by Crippen LogP contribution is 2.23. The first-order valence-electron chi connectivity index (χ1n) is 7.31. The Morgan fingerprint density at radius 1 is 1.04 bits per heavy atom. The van der Waals surface area contributed by atoms with Crippen LogP contribution in [-0.2, 0) is 10.1 Å². The molecule has 0 N–H and O–H groups in total. The molecule has 0 fully saturated rings. The second-order valence-corrected chi connectivity index (χ2v) is 6.59. The summed E-state index contributed by atoms with van der Waals surface area (Å²) in [6.07, 6.45) is 1.05. The average molecular weight is 335 g/mol. The van der Waals surface area contributed by atoms with E-state index in [-0.39, 0.29) is 11.7 Å². The van der Waals surface area contributed by atoms with Crippen LogP contribution in [0.4, 0.5) is 0 Å². The van der Waals surface area contributed by atoms with Crippen LogP contribution in [0.25, 0.3) is 0 Å². The van der Waals surface area contributed by atoms with Gasteiger partial charge in [0, 0.05) is 0 Å². The second kappa shape index (κ2) is 7.48. The SMILES string of the molecule is CCC(C)c1cccc(OCOc2ccc(S(=O)(=O)[O-])cc2)c1. The van der Waals surface area contributed by atoms with Gasteiger partial charge in [-0.2, -0.15) is 0 Å². The van der Waals surface area contributed by atoms with Crippen LogP contribution in [0.3, 0.4) is 0 Å². The van der Waals surface area contributed by atoms with Crippen molar-refractivity contribution in [3.05, 3.63) is 54.1 Å². The summed E-state index contributed by atoms with van der Waals surface area (Å²) >= 11 is 0. The Balaban J connectivity index is 1.92. The first kappa shape index (κ1) is 17.3. The van der Waals surface area contributed by atoms with Crippen LogP contribution in [0, 0.1) is 0 Å². The summed E-state index contributed by atoms with van der Waals surface area (Å²) < 4.78 is 43.4. The number of hydrogen-bond acceptors (Lipinski definition) is 5. The minimum atomic E-state index is -4.44. The van der Waals surface area contributed by atoms with Crippen molar-refractivity contribution in [2.24, 2.45) is 0 Å². The van der Waals surface area contributed by atoms with E-state index in [1.807, 2.05) is 18.2 Å². The quantitative estimate of drug-likeness (QED) is 0.571. The molecule has 2 aromatic rings. The third-order valence-electron chi connectivity index (χ3n) is 3.60. The van der Waals surface area contributed by atoms with E-state index in [4.69, 9.17) is 9.47 Å². The molecule has 0 heterocycles. The summed E-state index contributed by atoms with van der Waals surface area (Å²) in [7, 11) is -4.44. The fourth-order valence-electron chi connectivity index (χ4n) is 2.01. The van der Waals surface area contributed by atoms with E-state index in [0.717, 1.165) is 6.42 Å². The van der Waals surface area contributed by atoms with Crippen LogP contribution in [-0.4, -0.2) is 19.8 Å². The maximum absolute atomic E-state index is 10.8. The van der Waals surface area contributed by atoms with Crippen molar-refractivity contribution >= 4 is 10.1 Å². The number of hydrogen-bond donors (Lipinski definition) is 0. The molecule has 0 bridgehead atoms. The Morgan fingerprint density at radius 3 is 2.30 bits per heavy atom. The lowest BCUT2D eigenvalue weighted by atomic mass is 9.99. The van der Waals surface area contributed by atoms with Crippen LogP contribution < -0.4 is 9.47 Å². The topological polar surface area (TPSA) is 75.7 Å². The summed E-state index contributed by atoms with van der Waals surface area (Å²) in [6.45, 7) is 4.28. The van der Waals surface area contributed by atoms with Gasteiger partial charge in [0.1, 0.15) is 21.6 Å². The molecular weight excluding hydrogens is 316 g/mol. The zero-order chi connectivity index (χ0) is 16.9. The predicted molar refractivity (Wildman–Crippen MR) is 85.7 cm³/mol. The van der Waals surface area contributed by atoms with Gasteiger partial charge in [0.2, 0.25) is 6.79 Å². The molecule has 0 spiro atoms. The van der Waals surface area contributed by atoms with Gasteiger partial charge in [-0.15, -0.1) is 0 Å². The van der Waals surface area contributed by atoms with Crippen LogP contribution in [0.2, 0.25) is 0 Å². The second-order valence-electron chi connectivity index (χ2n) is 5.21. The van der Waals surface area contributed by atoms with Gasteiger partial charge >= 0.3 is 0 Å². The number of rotatable bonds is 7. The zero-order valence-corrected chi connectivity index (χ0v) is 13.9. The number of benzene rings is 2. The molecule has 5 nitrogen and oxygen atoms in total. The van der Waals surface area contributed by atoms with Gasteiger partial charge in [0.15, 0.2) is 0 Å². The zero-order valence-electron chi connectivity index (χ0n) is 13.1. The molecule has 0 radical (unpaired) electrons. The van der Waals surface area contributed by atoms with Crippen LogP contribution in [0.5, 0.6) is 11.5 Å². The van der Waals surface area contributed by atoms with Crippen molar-refractivity contribution in [1.82, 2.24) is 0 Å². The van der Waals surface area contributed by atoms with Gasteiger partial charge < -0.3 is 14.0 Å². The highest BCUT2D eigenvalue weighted by Gasteiger charge is 2.05. The molecule has 124 valence electrons. The molecule has 0 amide bonds. The fraction of sp³-hybridized carbons (Fsp3) is 0.294. The van der Waals surface area contributed by atoms with E-state index in [2.05, 4.69) is 19.9 Å². The Labute approximate surface area is 136 Å². The van der Waals surface area contributed by atoms with E-state index in [1.165, 1.54) is 29.8 Å². The first-order valence-corrected chi connectivity index (χ1v) is 8.72.